The number of rotatable bonds is 2. The van der Waals surface area contributed by atoms with Crippen LogP contribution < -0.4 is 5.32 Å². The quantitative estimate of drug-likeness (QED) is 0.665. The van der Waals surface area contributed by atoms with Gasteiger partial charge in [0, 0.05) is 6.04 Å². The third-order valence-electron chi connectivity index (χ3n) is 3.04. The summed E-state index contributed by atoms with van der Waals surface area (Å²) >= 11 is 0. The summed E-state index contributed by atoms with van der Waals surface area (Å²) in [7, 11) is 0. The molecule has 2 atom stereocenters. The normalized spacial score (nSPS) is 30.6. The summed E-state index contributed by atoms with van der Waals surface area (Å²) < 4.78 is 0. The zero-order chi connectivity index (χ0) is 10.6. The van der Waals surface area contributed by atoms with Gasteiger partial charge in [-0.05, 0) is 37.5 Å². The minimum absolute atomic E-state index is 0.509. The lowest BCUT2D eigenvalue weighted by Crippen LogP contribution is -2.40. The molecule has 0 spiro atoms. The van der Waals surface area contributed by atoms with Crippen molar-refractivity contribution in [1.29, 1.82) is 0 Å². The molecule has 0 bridgehead atoms. The van der Waals surface area contributed by atoms with Crippen LogP contribution in [0.5, 0.6) is 0 Å². The Bertz CT molecular complexity index is 231. The molecule has 1 N–H and O–H groups in total. The van der Waals surface area contributed by atoms with Gasteiger partial charge in [0.1, 0.15) is 0 Å². The first-order valence-corrected chi connectivity index (χ1v) is 5.66. The Balaban J connectivity index is 2.40. The molecule has 0 saturated heterocycles. The summed E-state index contributed by atoms with van der Waals surface area (Å²) in [6, 6.07) is 0.676. The van der Waals surface area contributed by atoms with E-state index in [1.807, 2.05) is 6.92 Å². The zero-order valence-electron chi connectivity index (χ0n) is 9.98. The highest BCUT2D eigenvalue weighted by molar-refractivity contribution is 4.98. The molecule has 0 aromatic carbocycles. The van der Waals surface area contributed by atoms with Crippen molar-refractivity contribution in [3.05, 3.63) is 0 Å². The van der Waals surface area contributed by atoms with Crippen LogP contribution in [0.4, 0.5) is 0 Å². The summed E-state index contributed by atoms with van der Waals surface area (Å²) in [5, 5.41) is 3.53. The van der Waals surface area contributed by atoms with Crippen molar-refractivity contribution in [2.45, 2.75) is 53.0 Å². The lowest BCUT2D eigenvalue weighted by molar-refractivity contribution is 0.154. The Morgan fingerprint density at radius 1 is 1.36 bits per heavy atom. The monoisotopic (exact) mass is 193 g/mol. The topological polar surface area (TPSA) is 12.0 Å². The van der Waals surface area contributed by atoms with E-state index >= 15 is 0 Å². The maximum atomic E-state index is 3.53. The molecule has 1 rings (SSSR count). The summed E-state index contributed by atoms with van der Waals surface area (Å²) in [5.41, 5.74) is 0.509. The minimum atomic E-state index is 0.509. The molecule has 0 heterocycles. The Morgan fingerprint density at radius 3 is 2.64 bits per heavy atom. The van der Waals surface area contributed by atoms with Gasteiger partial charge in [-0.3, -0.25) is 0 Å². The van der Waals surface area contributed by atoms with Gasteiger partial charge in [0.05, 0.1) is 6.54 Å². The molecule has 1 nitrogen and oxygen atoms in total. The lowest BCUT2D eigenvalue weighted by atomic mass is 9.70. The molecule has 1 fully saturated rings. The molecule has 1 heteroatoms. The van der Waals surface area contributed by atoms with Gasteiger partial charge in [-0.1, -0.05) is 26.7 Å². The number of hydrogen-bond acceptors (Lipinski definition) is 1. The molecule has 0 aromatic heterocycles. The second-order valence-electron chi connectivity index (χ2n) is 5.42. The van der Waals surface area contributed by atoms with Crippen LogP contribution >= 0.6 is 0 Å². The van der Waals surface area contributed by atoms with Crippen molar-refractivity contribution in [1.82, 2.24) is 5.32 Å². The summed E-state index contributed by atoms with van der Waals surface area (Å²) in [6.07, 6.45) is 3.97. The van der Waals surface area contributed by atoms with Crippen LogP contribution in [0.2, 0.25) is 0 Å². The number of nitrogens with one attached hydrogen (secondary N) is 1. The van der Waals surface area contributed by atoms with Crippen LogP contribution in [0.1, 0.15) is 47.0 Å². The first kappa shape index (κ1) is 11.6. The van der Waals surface area contributed by atoms with E-state index in [1.165, 1.54) is 19.3 Å². The van der Waals surface area contributed by atoms with Crippen molar-refractivity contribution < 1.29 is 0 Å². The third kappa shape index (κ3) is 3.72. The van der Waals surface area contributed by atoms with Crippen molar-refractivity contribution in [2.75, 3.05) is 6.54 Å². The van der Waals surface area contributed by atoms with Crippen LogP contribution in [0.25, 0.3) is 0 Å². The Labute approximate surface area is 88.7 Å². The number of hydrogen-bond donors (Lipinski definition) is 1. The SMILES string of the molecule is CC#CCNC1CC(C)CC(C)(C)C1. The standard InChI is InChI=1S/C13H23N/c1-5-6-7-14-12-8-11(2)9-13(3,4)10-12/h11-12,14H,7-10H2,1-4H3. The maximum Gasteiger partial charge on any atom is 0.0578 e. The summed E-state index contributed by atoms with van der Waals surface area (Å²) in [5.74, 6) is 6.86. The van der Waals surface area contributed by atoms with E-state index in [9.17, 15) is 0 Å². The van der Waals surface area contributed by atoms with E-state index in [-0.39, 0.29) is 0 Å². The summed E-state index contributed by atoms with van der Waals surface area (Å²) in [6.45, 7) is 9.87. The average Bonchev–Trinajstić information content (AvgIpc) is 2.00. The Morgan fingerprint density at radius 2 is 2.07 bits per heavy atom. The predicted molar refractivity (Wildman–Crippen MR) is 62.0 cm³/mol. The molecule has 0 radical (unpaired) electrons. The smallest absolute Gasteiger partial charge is 0.0578 e. The molecule has 2 unspecified atom stereocenters. The molecule has 14 heavy (non-hydrogen) atoms. The molecule has 80 valence electrons. The highest BCUT2D eigenvalue weighted by atomic mass is 14.9. The van der Waals surface area contributed by atoms with Gasteiger partial charge >= 0.3 is 0 Å². The van der Waals surface area contributed by atoms with Gasteiger partial charge in [-0.2, -0.15) is 0 Å². The lowest BCUT2D eigenvalue weighted by Gasteiger charge is -2.39. The molecule has 0 aromatic rings. The van der Waals surface area contributed by atoms with E-state index < -0.39 is 0 Å². The molecular weight excluding hydrogens is 170 g/mol. The second kappa shape index (κ2) is 4.84. The molecule has 1 aliphatic carbocycles. The van der Waals surface area contributed by atoms with Crippen LogP contribution in [-0.2, 0) is 0 Å². The van der Waals surface area contributed by atoms with Crippen molar-refractivity contribution in [3.8, 4) is 11.8 Å². The summed E-state index contributed by atoms with van der Waals surface area (Å²) in [4.78, 5) is 0. The van der Waals surface area contributed by atoms with E-state index in [0.29, 0.717) is 11.5 Å². The average molecular weight is 193 g/mol. The molecule has 0 aliphatic heterocycles. The largest absolute Gasteiger partial charge is 0.303 e. The predicted octanol–water partition coefficient (Wildman–Crippen LogP) is 2.81. The van der Waals surface area contributed by atoms with Crippen LogP contribution in [0, 0.1) is 23.2 Å². The van der Waals surface area contributed by atoms with Crippen molar-refractivity contribution in [3.63, 3.8) is 0 Å². The fourth-order valence-electron chi connectivity index (χ4n) is 2.79. The van der Waals surface area contributed by atoms with Crippen LogP contribution in [0.3, 0.4) is 0 Å². The fraction of sp³-hybridized carbons (Fsp3) is 0.846. The Kier molecular flexibility index (Phi) is 4.01. The zero-order valence-corrected chi connectivity index (χ0v) is 9.98. The van der Waals surface area contributed by atoms with E-state index in [1.54, 1.807) is 0 Å². The van der Waals surface area contributed by atoms with Gasteiger partial charge in [-0.25, -0.2) is 0 Å². The maximum absolute atomic E-state index is 3.53. The first-order chi connectivity index (χ1) is 6.53. The second-order valence-corrected chi connectivity index (χ2v) is 5.42. The van der Waals surface area contributed by atoms with Gasteiger partial charge in [-0.15, -0.1) is 5.92 Å². The molecule has 0 amide bonds. The van der Waals surface area contributed by atoms with Crippen molar-refractivity contribution in [2.24, 2.45) is 11.3 Å². The van der Waals surface area contributed by atoms with Gasteiger partial charge in [0.2, 0.25) is 0 Å². The van der Waals surface area contributed by atoms with Gasteiger partial charge in [0.15, 0.2) is 0 Å². The molecular formula is C13H23N. The van der Waals surface area contributed by atoms with Gasteiger partial charge in [0.25, 0.3) is 0 Å². The highest BCUT2D eigenvalue weighted by Gasteiger charge is 2.31. The highest BCUT2D eigenvalue weighted by Crippen LogP contribution is 2.38. The van der Waals surface area contributed by atoms with Gasteiger partial charge < -0.3 is 5.32 Å². The fourth-order valence-corrected chi connectivity index (χ4v) is 2.79. The van der Waals surface area contributed by atoms with Crippen molar-refractivity contribution >= 4 is 0 Å². The third-order valence-corrected chi connectivity index (χ3v) is 3.04. The first-order valence-electron chi connectivity index (χ1n) is 5.66. The molecule has 1 saturated carbocycles. The van der Waals surface area contributed by atoms with E-state index in [0.717, 1.165) is 12.5 Å². The van der Waals surface area contributed by atoms with Crippen LogP contribution in [-0.4, -0.2) is 12.6 Å². The minimum Gasteiger partial charge on any atom is -0.303 e. The van der Waals surface area contributed by atoms with E-state index in [4.69, 9.17) is 0 Å². The molecule has 1 aliphatic rings. The van der Waals surface area contributed by atoms with Crippen LogP contribution in [0.15, 0.2) is 0 Å². The van der Waals surface area contributed by atoms with E-state index in [2.05, 4.69) is 37.9 Å². The Hall–Kier alpha value is -0.480.